The zero-order valence-electron chi connectivity index (χ0n) is 10.2. The van der Waals surface area contributed by atoms with E-state index in [0.717, 1.165) is 29.5 Å². The van der Waals surface area contributed by atoms with E-state index in [1.54, 1.807) is 6.92 Å². The summed E-state index contributed by atoms with van der Waals surface area (Å²) in [4.78, 5) is 11.1. The molecule has 0 amide bonds. The van der Waals surface area contributed by atoms with Crippen molar-refractivity contribution in [2.24, 2.45) is 23.7 Å². The number of tetrazole rings is 1. The maximum atomic E-state index is 11.1. The van der Waals surface area contributed by atoms with E-state index in [4.69, 9.17) is 5.11 Å². The number of carboxylic acid groups (broad SMARTS) is 1. The van der Waals surface area contributed by atoms with Gasteiger partial charge in [-0.2, -0.15) is 0 Å². The lowest BCUT2D eigenvalue weighted by molar-refractivity contribution is -0.140. The van der Waals surface area contributed by atoms with E-state index in [1.165, 1.54) is 23.9 Å². The molecule has 3 saturated carbocycles. The lowest BCUT2D eigenvalue weighted by atomic mass is 10.0. The van der Waals surface area contributed by atoms with Crippen LogP contribution in [0.15, 0.2) is 0 Å². The third-order valence-corrected chi connectivity index (χ3v) is 5.28. The molecule has 1 aromatic rings. The van der Waals surface area contributed by atoms with Gasteiger partial charge in [0.2, 0.25) is 0 Å². The first kappa shape index (κ1) is 10.5. The Morgan fingerprint density at radius 2 is 2.06 bits per heavy atom. The minimum Gasteiger partial charge on any atom is -0.480 e. The summed E-state index contributed by atoms with van der Waals surface area (Å²) in [7, 11) is 0. The fourth-order valence-corrected chi connectivity index (χ4v) is 4.47. The topological polar surface area (TPSA) is 80.9 Å². The highest BCUT2D eigenvalue weighted by molar-refractivity contribution is 5.71. The Bertz CT molecular complexity index is 498. The molecule has 1 heterocycles. The first-order chi connectivity index (χ1) is 8.68. The fraction of sp³-hybridized carbons (Fsp3) is 0.833. The van der Waals surface area contributed by atoms with Crippen molar-refractivity contribution in [1.29, 1.82) is 0 Å². The first-order valence-corrected chi connectivity index (χ1v) is 6.69. The number of aliphatic carboxylic acids is 1. The number of hydrogen-bond acceptors (Lipinski definition) is 4. The monoisotopic (exact) mass is 248 g/mol. The minimum absolute atomic E-state index is 0.424. The third-order valence-electron chi connectivity index (χ3n) is 5.28. The molecule has 6 nitrogen and oxygen atoms in total. The maximum absolute atomic E-state index is 11.1. The van der Waals surface area contributed by atoms with E-state index in [-0.39, 0.29) is 0 Å². The fourth-order valence-electron chi connectivity index (χ4n) is 4.47. The van der Waals surface area contributed by atoms with E-state index < -0.39 is 12.0 Å². The van der Waals surface area contributed by atoms with E-state index in [0.29, 0.717) is 5.92 Å². The molecule has 0 aromatic carbocycles. The number of carboxylic acids is 1. The van der Waals surface area contributed by atoms with Crippen LogP contribution < -0.4 is 0 Å². The van der Waals surface area contributed by atoms with Crippen LogP contribution in [-0.4, -0.2) is 31.3 Å². The Balaban J connectivity index is 1.64. The molecular weight excluding hydrogens is 232 g/mol. The average Bonchev–Trinajstić information content (AvgIpc) is 2.80. The first-order valence-electron chi connectivity index (χ1n) is 6.69. The maximum Gasteiger partial charge on any atom is 0.328 e. The highest BCUT2D eigenvalue weighted by Gasteiger charge is 2.67. The van der Waals surface area contributed by atoms with Crippen LogP contribution in [0.25, 0.3) is 0 Å². The number of rotatable bonds is 3. The molecule has 3 fully saturated rings. The highest BCUT2D eigenvalue weighted by Crippen LogP contribution is 2.72. The Kier molecular flexibility index (Phi) is 1.92. The second-order valence-electron chi connectivity index (χ2n) is 6.01. The summed E-state index contributed by atoms with van der Waals surface area (Å²) in [6.45, 7) is 1.63. The summed E-state index contributed by atoms with van der Waals surface area (Å²) >= 11 is 0. The minimum atomic E-state index is -0.877. The number of fused-ring (bicyclic) bond motifs is 5. The molecule has 3 aliphatic carbocycles. The van der Waals surface area contributed by atoms with Gasteiger partial charge in [0.25, 0.3) is 0 Å². The van der Waals surface area contributed by atoms with Gasteiger partial charge in [-0.1, -0.05) is 0 Å². The number of hydrogen-bond donors (Lipinski definition) is 1. The zero-order valence-corrected chi connectivity index (χ0v) is 10.2. The predicted octanol–water partition coefficient (Wildman–Crippen LogP) is 1.08. The highest BCUT2D eigenvalue weighted by atomic mass is 16.4. The Hall–Kier alpha value is -1.46. The van der Waals surface area contributed by atoms with Crippen LogP contribution in [0.1, 0.15) is 44.0 Å². The van der Waals surface area contributed by atoms with Crippen molar-refractivity contribution < 1.29 is 9.90 Å². The van der Waals surface area contributed by atoms with Gasteiger partial charge in [-0.3, -0.25) is 0 Å². The van der Waals surface area contributed by atoms with Crippen molar-refractivity contribution in [1.82, 2.24) is 20.2 Å². The van der Waals surface area contributed by atoms with Crippen molar-refractivity contribution in [3.8, 4) is 0 Å². The normalized spacial score (nSPS) is 41.7. The Labute approximate surface area is 104 Å². The molecule has 4 rings (SSSR count). The van der Waals surface area contributed by atoms with Gasteiger partial charge in [-0.15, -0.1) is 5.10 Å². The lowest BCUT2D eigenvalue weighted by Gasteiger charge is -2.11. The molecule has 2 bridgehead atoms. The van der Waals surface area contributed by atoms with Gasteiger partial charge in [0.1, 0.15) is 6.04 Å². The Morgan fingerprint density at radius 3 is 2.67 bits per heavy atom. The van der Waals surface area contributed by atoms with Crippen molar-refractivity contribution in [2.45, 2.75) is 38.1 Å². The largest absolute Gasteiger partial charge is 0.480 e. The molecular formula is C12H16N4O2. The standard InChI is InChI=1S/C12H16N4O2/c1-5(12(17)18)16-11(13-14-15-16)10-8-6-2-3-7(4-6)9(8)10/h5-10H,2-4H2,1H3,(H,17,18). The van der Waals surface area contributed by atoms with Crippen molar-refractivity contribution in [3.05, 3.63) is 5.82 Å². The average molecular weight is 248 g/mol. The number of carbonyl (C=O) groups is 1. The molecule has 18 heavy (non-hydrogen) atoms. The van der Waals surface area contributed by atoms with Crippen LogP contribution in [-0.2, 0) is 4.79 Å². The SMILES string of the molecule is CC(C(=O)O)n1nnnc1C1C2C3CCC(C3)C12. The van der Waals surface area contributed by atoms with Crippen molar-refractivity contribution in [2.75, 3.05) is 0 Å². The van der Waals surface area contributed by atoms with Gasteiger partial charge in [-0.05, 0) is 60.3 Å². The van der Waals surface area contributed by atoms with Crippen molar-refractivity contribution >= 4 is 5.97 Å². The predicted molar refractivity (Wildman–Crippen MR) is 60.7 cm³/mol. The van der Waals surface area contributed by atoms with Gasteiger partial charge in [0.05, 0.1) is 0 Å². The molecule has 1 N–H and O–H groups in total. The van der Waals surface area contributed by atoms with Crippen LogP contribution >= 0.6 is 0 Å². The van der Waals surface area contributed by atoms with Crippen LogP contribution in [0.3, 0.4) is 0 Å². The Morgan fingerprint density at radius 1 is 1.39 bits per heavy atom. The summed E-state index contributed by atoms with van der Waals surface area (Å²) in [5.74, 6) is 3.50. The van der Waals surface area contributed by atoms with Gasteiger partial charge < -0.3 is 5.11 Å². The summed E-state index contributed by atoms with van der Waals surface area (Å²) in [5.41, 5.74) is 0. The smallest absolute Gasteiger partial charge is 0.328 e. The molecule has 5 unspecified atom stereocenters. The quantitative estimate of drug-likeness (QED) is 0.865. The van der Waals surface area contributed by atoms with Gasteiger partial charge in [0, 0.05) is 5.92 Å². The molecule has 96 valence electrons. The van der Waals surface area contributed by atoms with E-state index in [9.17, 15) is 4.79 Å². The molecule has 5 atom stereocenters. The summed E-state index contributed by atoms with van der Waals surface area (Å²) < 4.78 is 1.50. The molecule has 3 aliphatic rings. The molecule has 0 radical (unpaired) electrons. The van der Waals surface area contributed by atoms with Crippen LogP contribution in [0.5, 0.6) is 0 Å². The van der Waals surface area contributed by atoms with Gasteiger partial charge in [-0.25, -0.2) is 9.48 Å². The van der Waals surface area contributed by atoms with E-state index in [2.05, 4.69) is 15.5 Å². The summed E-state index contributed by atoms with van der Waals surface area (Å²) in [5, 5.41) is 20.7. The molecule has 0 spiro atoms. The lowest BCUT2D eigenvalue weighted by Crippen LogP contribution is -2.20. The molecule has 6 heteroatoms. The van der Waals surface area contributed by atoms with Crippen molar-refractivity contribution in [3.63, 3.8) is 0 Å². The van der Waals surface area contributed by atoms with Gasteiger partial charge in [0.15, 0.2) is 5.82 Å². The van der Waals surface area contributed by atoms with E-state index in [1.807, 2.05) is 0 Å². The third kappa shape index (κ3) is 1.18. The van der Waals surface area contributed by atoms with E-state index >= 15 is 0 Å². The summed E-state index contributed by atoms with van der Waals surface area (Å²) in [6, 6.07) is -0.672. The van der Waals surface area contributed by atoms with Crippen LogP contribution in [0, 0.1) is 23.7 Å². The zero-order chi connectivity index (χ0) is 12.4. The van der Waals surface area contributed by atoms with Crippen LogP contribution in [0.2, 0.25) is 0 Å². The molecule has 0 aliphatic heterocycles. The summed E-state index contributed by atoms with van der Waals surface area (Å²) in [6.07, 6.45) is 4.07. The van der Waals surface area contributed by atoms with Crippen LogP contribution in [0.4, 0.5) is 0 Å². The molecule has 0 saturated heterocycles. The second-order valence-corrected chi connectivity index (χ2v) is 6.01. The second kappa shape index (κ2) is 3.30. The number of aromatic nitrogens is 4. The molecule has 1 aromatic heterocycles. The number of nitrogens with zero attached hydrogens (tertiary/aromatic N) is 4. The van der Waals surface area contributed by atoms with Gasteiger partial charge >= 0.3 is 5.97 Å².